The SMILES string of the molecule is CCn1c(SC(C)C(=O)NC(=O)Nc2ccc(C)cc2C)nnc1-c1ccccc1C. The lowest BCUT2D eigenvalue weighted by Gasteiger charge is -2.14. The van der Waals surface area contributed by atoms with Gasteiger partial charge in [0, 0.05) is 17.8 Å². The molecular weight excluding hydrogens is 410 g/mol. The number of amides is 3. The topological polar surface area (TPSA) is 88.9 Å². The Morgan fingerprint density at radius 2 is 1.81 bits per heavy atom. The number of nitrogens with zero attached hydrogens (tertiary/aromatic N) is 3. The van der Waals surface area contributed by atoms with E-state index in [9.17, 15) is 9.59 Å². The molecule has 162 valence electrons. The van der Waals surface area contributed by atoms with Crippen LogP contribution in [0.2, 0.25) is 0 Å². The van der Waals surface area contributed by atoms with Crippen molar-refractivity contribution >= 4 is 29.4 Å². The number of hydrogen-bond acceptors (Lipinski definition) is 5. The summed E-state index contributed by atoms with van der Waals surface area (Å²) in [6.45, 7) is 10.3. The predicted molar refractivity (Wildman–Crippen MR) is 124 cm³/mol. The average molecular weight is 438 g/mol. The average Bonchev–Trinajstić information content (AvgIpc) is 3.12. The molecule has 7 nitrogen and oxygen atoms in total. The molecule has 0 aliphatic rings. The fourth-order valence-corrected chi connectivity index (χ4v) is 4.13. The zero-order valence-corrected chi connectivity index (χ0v) is 19.2. The molecule has 8 heteroatoms. The van der Waals surface area contributed by atoms with Crippen LogP contribution < -0.4 is 10.6 Å². The van der Waals surface area contributed by atoms with Gasteiger partial charge in [-0.15, -0.1) is 10.2 Å². The first-order chi connectivity index (χ1) is 14.8. The second-order valence-electron chi connectivity index (χ2n) is 7.39. The lowest BCUT2D eigenvalue weighted by atomic mass is 10.1. The van der Waals surface area contributed by atoms with Crippen LogP contribution in [-0.4, -0.2) is 32.0 Å². The molecule has 0 radical (unpaired) electrons. The van der Waals surface area contributed by atoms with Crippen LogP contribution in [0.4, 0.5) is 10.5 Å². The minimum atomic E-state index is -0.554. The van der Waals surface area contributed by atoms with Gasteiger partial charge in [0.25, 0.3) is 0 Å². The fraction of sp³-hybridized carbons (Fsp3) is 0.304. The lowest BCUT2D eigenvalue weighted by Crippen LogP contribution is -2.39. The monoisotopic (exact) mass is 437 g/mol. The van der Waals surface area contributed by atoms with Gasteiger partial charge < -0.3 is 9.88 Å². The minimum Gasteiger partial charge on any atom is -0.307 e. The Hall–Kier alpha value is -3.13. The maximum atomic E-state index is 12.6. The Bertz CT molecular complexity index is 1110. The fourth-order valence-electron chi connectivity index (χ4n) is 3.22. The molecule has 2 N–H and O–H groups in total. The summed E-state index contributed by atoms with van der Waals surface area (Å²) >= 11 is 1.27. The van der Waals surface area contributed by atoms with Crippen molar-refractivity contribution in [3.05, 3.63) is 59.2 Å². The van der Waals surface area contributed by atoms with Crippen LogP contribution in [0, 0.1) is 20.8 Å². The molecule has 1 aromatic heterocycles. The summed E-state index contributed by atoms with van der Waals surface area (Å²) in [4.78, 5) is 24.8. The number of benzene rings is 2. The first kappa shape index (κ1) is 22.6. The number of aryl methyl sites for hydroxylation is 3. The second-order valence-corrected chi connectivity index (χ2v) is 8.70. The van der Waals surface area contributed by atoms with E-state index < -0.39 is 17.2 Å². The predicted octanol–water partition coefficient (Wildman–Crippen LogP) is 4.72. The molecule has 1 unspecified atom stereocenters. The Morgan fingerprint density at radius 1 is 1.06 bits per heavy atom. The van der Waals surface area contributed by atoms with Gasteiger partial charge in [0.05, 0.1) is 5.25 Å². The Kier molecular flexibility index (Phi) is 7.12. The van der Waals surface area contributed by atoms with Crippen molar-refractivity contribution in [1.29, 1.82) is 0 Å². The van der Waals surface area contributed by atoms with Gasteiger partial charge in [-0.3, -0.25) is 10.1 Å². The van der Waals surface area contributed by atoms with Crippen LogP contribution in [0.15, 0.2) is 47.6 Å². The van der Waals surface area contributed by atoms with Crippen molar-refractivity contribution in [3.8, 4) is 11.4 Å². The van der Waals surface area contributed by atoms with E-state index >= 15 is 0 Å². The van der Waals surface area contributed by atoms with E-state index in [4.69, 9.17) is 0 Å². The first-order valence-electron chi connectivity index (χ1n) is 10.1. The van der Waals surface area contributed by atoms with Crippen molar-refractivity contribution in [2.75, 3.05) is 5.32 Å². The molecule has 0 spiro atoms. The smallest absolute Gasteiger partial charge is 0.307 e. The number of aromatic nitrogens is 3. The highest BCUT2D eigenvalue weighted by Gasteiger charge is 2.22. The van der Waals surface area contributed by atoms with E-state index in [-0.39, 0.29) is 0 Å². The molecule has 0 saturated carbocycles. The van der Waals surface area contributed by atoms with Crippen molar-refractivity contribution < 1.29 is 9.59 Å². The highest BCUT2D eigenvalue weighted by atomic mass is 32.2. The number of imide groups is 1. The summed E-state index contributed by atoms with van der Waals surface area (Å²) in [5.74, 6) is 0.374. The van der Waals surface area contributed by atoms with E-state index in [2.05, 4.69) is 20.8 Å². The molecule has 1 heterocycles. The number of carbonyl (C=O) groups excluding carboxylic acids is 2. The first-order valence-corrected chi connectivity index (χ1v) is 11.0. The number of rotatable bonds is 6. The van der Waals surface area contributed by atoms with Gasteiger partial charge >= 0.3 is 6.03 Å². The normalized spacial score (nSPS) is 11.8. The molecule has 2 aromatic carbocycles. The molecule has 0 fully saturated rings. The second kappa shape index (κ2) is 9.78. The summed E-state index contributed by atoms with van der Waals surface area (Å²) < 4.78 is 1.98. The number of anilines is 1. The van der Waals surface area contributed by atoms with Crippen LogP contribution in [0.5, 0.6) is 0 Å². The van der Waals surface area contributed by atoms with E-state index in [1.165, 1.54) is 11.8 Å². The minimum absolute atomic E-state index is 0.393. The third-order valence-electron chi connectivity index (χ3n) is 4.94. The molecule has 0 aliphatic heterocycles. The zero-order chi connectivity index (χ0) is 22.5. The Morgan fingerprint density at radius 3 is 2.48 bits per heavy atom. The molecule has 0 aliphatic carbocycles. The van der Waals surface area contributed by atoms with E-state index in [1.54, 1.807) is 6.92 Å². The van der Waals surface area contributed by atoms with Crippen LogP contribution >= 0.6 is 11.8 Å². The number of carbonyl (C=O) groups is 2. The van der Waals surface area contributed by atoms with Crippen molar-refractivity contribution in [2.45, 2.75) is 51.6 Å². The molecule has 0 saturated heterocycles. The van der Waals surface area contributed by atoms with Crippen LogP contribution in [0.1, 0.15) is 30.5 Å². The van der Waals surface area contributed by atoms with Crippen LogP contribution in [0.3, 0.4) is 0 Å². The van der Waals surface area contributed by atoms with Crippen LogP contribution in [-0.2, 0) is 11.3 Å². The lowest BCUT2D eigenvalue weighted by molar-refractivity contribution is -0.119. The maximum absolute atomic E-state index is 12.6. The number of hydrogen-bond donors (Lipinski definition) is 2. The highest BCUT2D eigenvalue weighted by Crippen LogP contribution is 2.28. The highest BCUT2D eigenvalue weighted by molar-refractivity contribution is 8.00. The maximum Gasteiger partial charge on any atom is 0.325 e. The van der Waals surface area contributed by atoms with Gasteiger partial charge in [0.2, 0.25) is 5.91 Å². The number of nitrogens with one attached hydrogen (secondary N) is 2. The van der Waals surface area contributed by atoms with Crippen molar-refractivity contribution in [3.63, 3.8) is 0 Å². The molecular formula is C23H27N5O2S. The third kappa shape index (κ3) is 5.32. The van der Waals surface area contributed by atoms with Crippen molar-refractivity contribution in [1.82, 2.24) is 20.1 Å². The van der Waals surface area contributed by atoms with E-state index in [0.29, 0.717) is 17.4 Å². The Balaban J connectivity index is 1.67. The quantitative estimate of drug-likeness (QED) is 0.545. The van der Waals surface area contributed by atoms with Gasteiger partial charge in [-0.05, 0) is 51.8 Å². The number of urea groups is 1. The summed E-state index contributed by atoms with van der Waals surface area (Å²) in [5, 5.41) is 13.9. The van der Waals surface area contributed by atoms with Gasteiger partial charge in [-0.1, -0.05) is 53.7 Å². The summed E-state index contributed by atoms with van der Waals surface area (Å²) in [6.07, 6.45) is 0. The molecule has 0 bridgehead atoms. The van der Waals surface area contributed by atoms with E-state index in [1.807, 2.05) is 74.7 Å². The van der Waals surface area contributed by atoms with Gasteiger partial charge in [-0.2, -0.15) is 0 Å². The van der Waals surface area contributed by atoms with Gasteiger partial charge in [0.15, 0.2) is 11.0 Å². The summed E-state index contributed by atoms with van der Waals surface area (Å²) in [5.41, 5.74) is 4.83. The molecule has 3 amide bonds. The molecule has 3 rings (SSSR count). The van der Waals surface area contributed by atoms with Gasteiger partial charge in [-0.25, -0.2) is 4.79 Å². The number of thioether (sulfide) groups is 1. The molecule has 1 atom stereocenters. The van der Waals surface area contributed by atoms with Gasteiger partial charge in [0.1, 0.15) is 0 Å². The Labute approximate surface area is 186 Å². The van der Waals surface area contributed by atoms with Crippen LogP contribution in [0.25, 0.3) is 11.4 Å². The van der Waals surface area contributed by atoms with E-state index in [0.717, 1.165) is 28.1 Å². The van der Waals surface area contributed by atoms with Crippen molar-refractivity contribution in [2.24, 2.45) is 0 Å². The standard InChI is InChI=1S/C23H27N5O2S/c1-6-28-20(18-10-8-7-9-15(18)3)26-27-23(28)31-17(5)21(29)25-22(30)24-19-12-11-14(2)13-16(19)4/h7-13,17H,6H2,1-5H3,(H2,24,25,29,30). The largest absolute Gasteiger partial charge is 0.325 e. The summed E-state index contributed by atoms with van der Waals surface area (Å²) in [7, 11) is 0. The zero-order valence-electron chi connectivity index (χ0n) is 18.4. The third-order valence-corrected chi connectivity index (χ3v) is 6.02. The molecule has 3 aromatic rings. The summed E-state index contributed by atoms with van der Waals surface area (Å²) in [6, 6.07) is 13.1. The molecule has 31 heavy (non-hydrogen) atoms.